The number of nitrogens with one attached hydrogen (secondary N) is 1. The van der Waals surface area contributed by atoms with Gasteiger partial charge in [0.25, 0.3) is 0 Å². The predicted molar refractivity (Wildman–Crippen MR) is 87.5 cm³/mol. The van der Waals surface area contributed by atoms with Gasteiger partial charge in [0.2, 0.25) is 0 Å². The summed E-state index contributed by atoms with van der Waals surface area (Å²) < 4.78 is 11.0. The van der Waals surface area contributed by atoms with Crippen LogP contribution in [0.5, 0.6) is 0 Å². The van der Waals surface area contributed by atoms with Crippen molar-refractivity contribution in [3.63, 3.8) is 0 Å². The number of rotatable bonds is 6. The van der Waals surface area contributed by atoms with Crippen LogP contribution in [-0.4, -0.2) is 38.0 Å². The highest BCUT2D eigenvalue weighted by Crippen LogP contribution is 2.28. The first-order chi connectivity index (χ1) is 10.7. The second-order valence-electron chi connectivity index (χ2n) is 5.71. The molecule has 1 N–H and O–H groups in total. The molecule has 1 saturated heterocycles. The molecule has 1 aliphatic heterocycles. The van der Waals surface area contributed by atoms with Crippen LogP contribution in [0.1, 0.15) is 32.2 Å². The Hall–Kier alpha value is -1.18. The number of ether oxygens (including phenoxy) is 1. The largest absolute Gasteiger partial charge is 0.369 e. The Balaban J connectivity index is 1.63. The van der Waals surface area contributed by atoms with Crippen LogP contribution in [0.2, 0.25) is 0 Å². The van der Waals surface area contributed by atoms with E-state index in [9.17, 15) is 0 Å². The van der Waals surface area contributed by atoms with E-state index in [4.69, 9.17) is 4.74 Å². The average Bonchev–Trinajstić information content (AvgIpc) is 3.19. The zero-order valence-corrected chi connectivity index (χ0v) is 14.5. The Labute approximate surface area is 139 Å². The summed E-state index contributed by atoms with van der Waals surface area (Å²) >= 11 is 3.43. The maximum Gasteiger partial charge on any atom is 0.139 e. The third-order valence-corrected chi connectivity index (χ3v) is 4.41. The van der Waals surface area contributed by atoms with Gasteiger partial charge in [0, 0.05) is 43.8 Å². The van der Waals surface area contributed by atoms with E-state index in [0.717, 1.165) is 36.4 Å². The molecule has 1 aliphatic rings. The summed E-state index contributed by atoms with van der Waals surface area (Å²) in [6.07, 6.45) is 8.70. The van der Waals surface area contributed by atoms with Gasteiger partial charge in [-0.1, -0.05) is 0 Å². The van der Waals surface area contributed by atoms with Crippen molar-refractivity contribution in [1.29, 1.82) is 0 Å². The van der Waals surface area contributed by atoms with E-state index in [1.165, 1.54) is 0 Å². The molecule has 0 amide bonds. The molecule has 1 fully saturated rings. The van der Waals surface area contributed by atoms with Gasteiger partial charge < -0.3 is 14.6 Å². The minimum Gasteiger partial charge on any atom is -0.369 e. The van der Waals surface area contributed by atoms with Gasteiger partial charge in [0.15, 0.2) is 0 Å². The summed E-state index contributed by atoms with van der Waals surface area (Å²) in [6, 6.07) is 0.604. The molecule has 120 valence electrons. The fourth-order valence-electron chi connectivity index (χ4n) is 3.00. The topological polar surface area (TPSA) is 56.9 Å². The molecule has 0 aromatic carbocycles. The van der Waals surface area contributed by atoms with E-state index < -0.39 is 0 Å². The van der Waals surface area contributed by atoms with Crippen LogP contribution in [0.15, 0.2) is 29.3 Å². The molecule has 0 bridgehead atoms. The Kier molecular flexibility index (Phi) is 4.95. The Morgan fingerprint density at radius 2 is 2.41 bits per heavy atom. The molecule has 6 nitrogen and oxygen atoms in total. The first kappa shape index (κ1) is 15.7. The standard InChI is InChI=1S/C15H22BrN5O/c1-3-20-6-5-17-15(20)14-13(4-7-22-14)19-11(2)9-21-10-12(16)8-18-21/h5-6,8,10-11,13-14,19H,3-4,7,9H2,1-2H3/t11?,13-,14-/m0/s1. The summed E-state index contributed by atoms with van der Waals surface area (Å²) in [4.78, 5) is 4.49. The summed E-state index contributed by atoms with van der Waals surface area (Å²) in [5.74, 6) is 1.02. The predicted octanol–water partition coefficient (Wildman–Crippen LogP) is 2.37. The minimum atomic E-state index is 0.0294. The van der Waals surface area contributed by atoms with Crippen LogP contribution in [0.3, 0.4) is 0 Å². The summed E-state index contributed by atoms with van der Waals surface area (Å²) in [7, 11) is 0. The highest BCUT2D eigenvalue weighted by Gasteiger charge is 2.33. The minimum absolute atomic E-state index is 0.0294. The van der Waals surface area contributed by atoms with Crippen molar-refractivity contribution < 1.29 is 4.74 Å². The fraction of sp³-hybridized carbons (Fsp3) is 0.600. The molecule has 7 heteroatoms. The highest BCUT2D eigenvalue weighted by atomic mass is 79.9. The number of nitrogens with zero attached hydrogens (tertiary/aromatic N) is 4. The van der Waals surface area contributed by atoms with E-state index in [0.29, 0.717) is 12.1 Å². The Bertz CT molecular complexity index is 611. The van der Waals surface area contributed by atoms with Gasteiger partial charge in [-0.25, -0.2) is 4.98 Å². The van der Waals surface area contributed by atoms with E-state index in [-0.39, 0.29) is 6.10 Å². The summed E-state index contributed by atoms with van der Waals surface area (Å²) in [6.45, 7) is 6.83. The van der Waals surface area contributed by atoms with Gasteiger partial charge in [0.05, 0.1) is 17.2 Å². The van der Waals surface area contributed by atoms with Gasteiger partial charge in [-0.2, -0.15) is 5.10 Å². The molecular formula is C15H22BrN5O. The van der Waals surface area contributed by atoms with Crippen molar-refractivity contribution in [2.75, 3.05) is 6.61 Å². The molecule has 3 rings (SSSR count). The summed E-state index contributed by atoms with van der Waals surface area (Å²) in [5.41, 5.74) is 0. The second-order valence-corrected chi connectivity index (χ2v) is 6.62. The Morgan fingerprint density at radius 1 is 1.55 bits per heavy atom. The normalized spacial score (nSPS) is 23.0. The van der Waals surface area contributed by atoms with Crippen LogP contribution in [0.25, 0.3) is 0 Å². The molecule has 0 aliphatic carbocycles. The Morgan fingerprint density at radius 3 is 3.14 bits per heavy atom. The molecule has 0 saturated carbocycles. The van der Waals surface area contributed by atoms with E-state index in [1.54, 1.807) is 0 Å². The van der Waals surface area contributed by atoms with Crippen molar-refractivity contribution >= 4 is 15.9 Å². The van der Waals surface area contributed by atoms with Gasteiger partial charge in [-0.05, 0) is 36.2 Å². The maximum absolute atomic E-state index is 5.93. The second kappa shape index (κ2) is 6.93. The van der Waals surface area contributed by atoms with E-state index >= 15 is 0 Å². The van der Waals surface area contributed by atoms with Crippen molar-refractivity contribution in [2.45, 2.75) is 51.5 Å². The molecule has 0 spiro atoms. The van der Waals surface area contributed by atoms with Crippen LogP contribution >= 0.6 is 15.9 Å². The van der Waals surface area contributed by atoms with Crippen molar-refractivity contribution in [3.8, 4) is 0 Å². The number of hydrogen-bond acceptors (Lipinski definition) is 4. The molecule has 22 heavy (non-hydrogen) atoms. The number of aryl methyl sites for hydroxylation is 1. The lowest BCUT2D eigenvalue weighted by Gasteiger charge is -2.24. The molecule has 2 aromatic rings. The summed E-state index contributed by atoms with van der Waals surface area (Å²) in [5, 5.41) is 7.98. The first-order valence-electron chi connectivity index (χ1n) is 7.74. The molecule has 3 heterocycles. The monoisotopic (exact) mass is 367 g/mol. The van der Waals surface area contributed by atoms with Gasteiger partial charge in [-0.3, -0.25) is 4.68 Å². The smallest absolute Gasteiger partial charge is 0.139 e. The number of aromatic nitrogens is 4. The van der Waals surface area contributed by atoms with E-state index in [2.05, 4.69) is 49.7 Å². The third kappa shape index (κ3) is 3.42. The highest BCUT2D eigenvalue weighted by molar-refractivity contribution is 9.10. The van der Waals surface area contributed by atoms with Crippen LogP contribution < -0.4 is 5.32 Å². The maximum atomic E-state index is 5.93. The number of hydrogen-bond donors (Lipinski definition) is 1. The number of imidazole rings is 1. The van der Waals surface area contributed by atoms with Crippen molar-refractivity contribution in [2.24, 2.45) is 0 Å². The molecule has 0 radical (unpaired) electrons. The van der Waals surface area contributed by atoms with Gasteiger partial charge in [-0.15, -0.1) is 0 Å². The lowest BCUT2D eigenvalue weighted by atomic mass is 10.1. The van der Waals surface area contributed by atoms with Gasteiger partial charge >= 0.3 is 0 Å². The zero-order chi connectivity index (χ0) is 15.5. The van der Waals surface area contributed by atoms with Crippen LogP contribution in [-0.2, 0) is 17.8 Å². The van der Waals surface area contributed by atoms with Crippen molar-refractivity contribution in [1.82, 2.24) is 24.6 Å². The van der Waals surface area contributed by atoms with E-state index in [1.807, 2.05) is 29.5 Å². The van der Waals surface area contributed by atoms with Gasteiger partial charge in [0.1, 0.15) is 11.9 Å². The quantitative estimate of drug-likeness (QED) is 0.851. The fourth-order valence-corrected chi connectivity index (χ4v) is 3.32. The lowest BCUT2D eigenvalue weighted by molar-refractivity contribution is 0.0863. The number of halogens is 1. The van der Waals surface area contributed by atoms with Crippen LogP contribution in [0.4, 0.5) is 0 Å². The molecule has 1 unspecified atom stereocenters. The molecule has 2 aromatic heterocycles. The third-order valence-electron chi connectivity index (χ3n) is 4.00. The molecular weight excluding hydrogens is 346 g/mol. The lowest BCUT2D eigenvalue weighted by Crippen LogP contribution is -2.41. The average molecular weight is 368 g/mol. The SMILES string of the molecule is CCn1ccnc1[C@H]1OCC[C@@H]1NC(C)Cn1cc(Br)cn1. The molecule has 3 atom stereocenters. The first-order valence-corrected chi connectivity index (χ1v) is 8.53. The van der Waals surface area contributed by atoms with Crippen LogP contribution in [0, 0.1) is 0 Å². The zero-order valence-electron chi connectivity index (χ0n) is 12.9. The van der Waals surface area contributed by atoms with Crippen molar-refractivity contribution in [3.05, 3.63) is 35.1 Å².